The van der Waals surface area contributed by atoms with Crippen molar-refractivity contribution in [3.8, 4) is 0 Å². The molecule has 126 valence electrons. The monoisotopic (exact) mass is 329 g/mol. The number of amides is 1. The van der Waals surface area contributed by atoms with Gasteiger partial charge in [-0.15, -0.1) is 0 Å². The maximum atomic E-state index is 13.8. The standard InChI is InChI=1S/C19H20FNO3/c1-3-21(18(22)13-14-9-5-7-11-16(14)20)17-12-8-6-10-15(17)19(23)24-4-2/h5-12H,3-4,13H2,1-2H3. The molecule has 0 aliphatic rings. The second-order valence-electron chi connectivity index (χ2n) is 5.14. The smallest absolute Gasteiger partial charge is 0.340 e. The van der Waals surface area contributed by atoms with Crippen LogP contribution in [0.25, 0.3) is 0 Å². The van der Waals surface area contributed by atoms with Gasteiger partial charge in [-0.05, 0) is 37.6 Å². The minimum absolute atomic E-state index is 0.0718. The van der Waals surface area contributed by atoms with Crippen LogP contribution in [0.3, 0.4) is 0 Å². The zero-order chi connectivity index (χ0) is 17.5. The fourth-order valence-corrected chi connectivity index (χ4v) is 2.47. The van der Waals surface area contributed by atoms with Gasteiger partial charge in [0.25, 0.3) is 0 Å². The third-order valence-corrected chi connectivity index (χ3v) is 3.61. The Labute approximate surface area is 140 Å². The summed E-state index contributed by atoms with van der Waals surface area (Å²) in [6, 6.07) is 12.9. The van der Waals surface area contributed by atoms with Crippen molar-refractivity contribution in [1.29, 1.82) is 0 Å². The summed E-state index contributed by atoms with van der Waals surface area (Å²) in [5, 5.41) is 0. The minimum atomic E-state index is -0.481. The molecule has 0 aromatic heterocycles. The highest BCUT2D eigenvalue weighted by molar-refractivity contribution is 6.03. The summed E-state index contributed by atoms with van der Waals surface area (Å²) in [5.41, 5.74) is 1.12. The maximum Gasteiger partial charge on any atom is 0.340 e. The van der Waals surface area contributed by atoms with Crippen molar-refractivity contribution >= 4 is 17.6 Å². The van der Waals surface area contributed by atoms with Crippen LogP contribution in [-0.4, -0.2) is 25.0 Å². The molecule has 0 unspecified atom stereocenters. The van der Waals surface area contributed by atoms with Crippen molar-refractivity contribution in [3.05, 3.63) is 65.5 Å². The fourth-order valence-electron chi connectivity index (χ4n) is 2.47. The van der Waals surface area contributed by atoms with Crippen LogP contribution >= 0.6 is 0 Å². The normalized spacial score (nSPS) is 10.3. The third-order valence-electron chi connectivity index (χ3n) is 3.61. The Morgan fingerprint density at radius 2 is 1.71 bits per heavy atom. The summed E-state index contributed by atoms with van der Waals surface area (Å²) in [4.78, 5) is 26.2. The number of ether oxygens (including phenoxy) is 1. The van der Waals surface area contributed by atoms with Crippen molar-refractivity contribution in [2.45, 2.75) is 20.3 Å². The van der Waals surface area contributed by atoms with E-state index < -0.39 is 11.8 Å². The van der Waals surface area contributed by atoms with E-state index in [1.807, 2.05) is 0 Å². The average molecular weight is 329 g/mol. The Hall–Kier alpha value is -2.69. The number of rotatable bonds is 6. The van der Waals surface area contributed by atoms with Crippen molar-refractivity contribution < 1.29 is 18.7 Å². The highest BCUT2D eigenvalue weighted by Gasteiger charge is 2.21. The fraction of sp³-hybridized carbons (Fsp3) is 0.263. The number of nitrogens with zero attached hydrogens (tertiary/aromatic N) is 1. The first kappa shape index (κ1) is 17.7. The van der Waals surface area contributed by atoms with E-state index in [9.17, 15) is 14.0 Å². The van der Waals surface area contributed by atoms with Crippen LogP contribution in [0.1, 0.15) is 29.8 Å². The predicted octanol–water partition coefficient (Wildman–Crippen LogP) is 3.60. The molecule has 0 atom stereocenters. The lowest BCUT2D eigenvalue weighted by Gasteiger charge is -2.23. The van der Waals surface area contributed by atoms with E-state index in [2.05, 4.69) is 0 Å². The zero-order valence-corrected chi connectivity index (χ0v) is 13.8. The molecule has 0 bridgehead atoms. The summed E-state index contributed by atoms with van der Waals surface area (Å²) in [6.45, 7) is 4.15. The highest BCUT2D eigenvalue weighted by Crippen LogP contribution is 2.22. The van der Waals surface area contributed by atoms with E-state index in [-0.39, 0.29) is 18.9 Å². The Balaban J connectivity index is 2.30. The number of benzene rings is 2. The van der Waals surface area contributed by atoms with Crippen LogP contribution in [0.5, 0.6) is 0 Å². The van der Waals surface area contributed by atoms with E-state index in [0.29, 0.717) is 23.4 Å². The van der Waals surface area contributed by atoms with Crippen molar-refractivity contribution in [3.63, 3.8) is 0 Å². The Bertz CT molecular complexity index is 730. The largest absolute Gasteiger partial charge is 0.462 e. The van der Waals surface area contributed by atoms with Gasteiger partial charge >= 0.3 is 5.97 Å². The number of likely N-dealkylation sites (N-methyl/N-ethyl adjacent to an activating group) is 1. The van der Waals surface area contributed by atoms with Gasteiger partial charge in [0.2, 0.25) is 5.91 Å². The van der Waals surface area contributed by atoms with Crippen LogP contribution in [0.2, 0.25) is 0 Å². The van der Waals surface area contributed by atoms with Gasteiger partial charge in [0.05, 0.1) is 24.3 Å². The van der Waals surface area contributed by atoms with Gasteiger partial charge in [0.15, 0.2) is 0 Å². The molecule has 0 aliphatic carbocycles. The first-order chi connectivity index (χ1) is 11.6. The number of para-hydroxylation sites is 1. The Morgan fingerprint density at radius 3 is 2.38 bits per heavy atom. The molecule has 0 aliphatic heterocycles. The summed E-state index contributed by atoms with van der Waals surface area (Å²) in [5.74, 6) is -1.18. The molecular formula is C19H20FNO3. The van der Waals surface area contributed by atoms with Crippen LogP contribution in [0, 0.1) is 5.82 Å². The second-order valence-corrected chi connectivity index (χ2v) is 5.14. The van der Waals surface area contributed by atoms with Gasteiger partial charge in [0.1, 0.15) is 5.82 Å². The number of hydrogen-bond donors (Lipinski definition) is 0. The van der Waals surface area contributed by atoms with Gasteiger partial charge in [-0.3, -0.25) is 4.79 Å². The molecule has 0 radical (unpaired) electrons. The number of halogens is 1. The van der Waals surface area contributed by atoms with Crippen LogP contribution in [0.4, 0.5) is 10.1 Å². The van der Waals surface area contributed by atoms with Crippen LogP contribution in [0.15, 0.2) is 48.5 Å². The molecule has 0 fully saturated rings. The molecule has 4 nitrogen and oxygen atoms in total. The van der Waals surface area contributed by atoms with E-state index in [1.54, 1.807) is 56.3 Å². The lowest BCUT2D eigenvalue weighted by atomic mass is 10.1. The molecule has 2 aromatic rings. The molecule has 0 spiro atoms. The van der Waals surface area contributed by atoms with Gasteiger partial charge in [-0.2, -0.15) is 0 Å². The van der Waals surface area contributed by atoms with E-state index in [1.165, 1.54) is 11.0 Å². The molecule has 0 saturated carbocycles. The van der Waals surface area contributed by atoms with Gasteiger partial charge in [-0.1, -0.05) is 30.3 Å². The molecule has 0 saturated heterocycles. The minimum Gasteiger partial charge on any atom is -0.462 e. The van der Waals surface area contributed by atoms with Crippen LogP contribution in [-0.2, 0) is 16.0 Å². The van der Waals surface area contributed by atoms with Crippen molar-refractivity contribution in [2.24, 2.45) is 0 Å². The molecule has 1 amide bonds. The summed E-state index contributed by atoms with van der Waals surface area (Å²) in [6.07, 6.45) is -0.0718. The van der Waals surface area contributed by atoms with Gasteiger partial charge < -0.3 is 9.64 Å². The van der Waals surface area contributed by atoms with Crippen LogP contribution < -0.4 is 4.90 Å². The maximum absolute atomic E-state index is 13.8. The Morgan fingerprint density at radius 1 is 1.04 bits per heavy atom. The molecule has 2 rings (SSSR count). The van der Waals surface area contributed by atoms with E-state index in [4.69, 9.17) is 4.74 Å². The quantitative estimate of drug-likeness (QED) is 0.761. The molecule has 0 N–H and O–H groups in total. The zero-order valence-electron chi connectivity index (χ0n) is 13.8. The van der Waals surface area contributed by atoms with Crippen molar-refractivity contribution in [1.82, 2.24) is 0 Å². The van der Waals surface area contributed by atoms with E-state index >= 15 is 0 Å². The average Bonchev–Trinajstić information content (AvgIpc) is 2.58. The number of anilines is 1. The SMILES string of the molecule is CCOC(=O)c1ccccc1N(CC)C(=O)Cc1ccccc1F. The molecule has 5 heteroatoms. The lowest BCUT2D eigenvalue weighted by Crippen LogP contribution is -2.33. The molecule has 0 heterocycles. The summed E-state index contributed by atoms with van der Waals surface area (Å²) < 4.78 is 18.8. The summed E-state index contributed by atoms with van der Waals surface area (Å²) in [7, 11) is 0. The number of carbonyl (C=O) groups is 2. The number of esters is 1. The second kappa shape index (κ2) is 8.24. The molecule has 24 heavy (non-hydrogen) atoms. The summed E-state index contributed by atoms with van der Waals surface area (Å²) >= 11 is 0. The van der Waals surface area contributed by atoms with E-state index in [0.717, 1.165) is 0 Å². The number of carbonyl (C=O) groups excluding carboxylic acids is 2. The van der Waals surface area contributed by atoms with Gasteiger partial charge in [-0.25, -0.2) is 9.18 Å². The number of hydrogen-bond acceptors (Lipinski definition) is 3. The first-order valence-corrected chi connectivity index (χ1v) is 7.88. The highest BCUT2D eigenvalue weighted by atomic mass is 19.1. The predicted molar refractivity (Wildman–Crippen MR) is 90.5 cm³/mol. The third kappa shape index (κ3) is 3.98. The Kier molecular flexibility index (Phi) is 6.07. The van der Waals surface area contributed by atoms with Gasteiger partial charge in [0, 0.05) is 6.54 Å². The topological polar surface area (TPSA) is 46.6 Å². The van der Waals surface area contributed by atoms with Crippen molar-refractivity contribution in [2.75, 3.05) is 18.1 Å². The molecule has 2 aromatic carbocycles. The first-order valence-electron chi connectivity index (χ1n) is 7.88. The molecular weight excluding hydrogens is 309 g/mol. The lowest BCUT2D eigenvalue weighted by molar-refractivity contribution is -0.118.